The molecule has 0 aromatic heterocycles. The van der Waals surface area contributed by atoms with Crippen LogP contribution >= 0.6 is 0 Å². The van der Waals surface area contributed by atoms with Crippen molar-refractivity contribution in [2.24, 2.45) is 5.92 Å². The van der Waals surface area contributed by atoms with Gasteiger partial charge >= 0.3 is 6.09 Å². The average molecular weight is 377 g/mol. The number of aliphatic hydroxyl groups is 1. The summed E-state index contributed by atoms with van der Waals surface area (Å²) in [6.07, 6.45) is 2.27. The van der Waals surface area contributed by atoms with Crippen LogP contribution in [0.1, 0.15) is 24.8 Å². The molecule has 27 heavy (non-hydrogen) atoms. The van der Waals surface area contributed by atoms with Gasteiger partial charge in [-0.2, -0.15) is 0 Å². The monoisotopic (exact) mass is 377 g/mol. The van der Waals surface area contributed by atoms with E-state index in [1.165, 1.54) is 0 Å². The van der Waals surface area contributed by atoms with Crippen LogP contribution < -0.4 is 20.7 Å². The standard InChI is InChI=1S/C20H31N3O4/c1-26-16-4-2-15(3-5-16)12-17-19(18(24)13-23-17)27-20(25)22-11-8-14-6-9-21-10-7-14/h2-5,14,17-19,21,23-24H,6-13H2,1H3,(H,22,25)/t17-,18+,19+/m1/s1. The largest absolute Gasteiger partial charge is 0.497 e. The van der Waals surface area contributed by atoms with Gasteiger partial charge < -0.3 is 30.5 Å². The first kappa shape index (κ1) is 19.9. The van der Waals surface area contributed by atoms with E-state index in [-0.39, 0.29) is 6.04 Å². The third kappa shape index (κ3) is 5.82. The Morgan fingerprint density at radius 3 is 2.70 bits per heavy atom. The molecule has 7 heteroatoms. The number of hydrogen-bond acceptors (Lipinski definition) is 6. The summed E-state index contributed by atoms with van der Waals surface area (Å²) in [5, 5.41) is 19.6. The van der Waals surface area contributed by atoms with Crippen LogP contribution in [0, 0.1) is 5.92 Å². The van der Waals surface area contributed by atoms with Gasteiger partial charge in [0.05, 0.1) is 13.2 Å². The number of carbonyl (C=O) groups excluding carboxylic acids is 1. The fourth-order valence-electron chi connectivity index (χ4n) is 3.85. The maximum atomic E-state index is 12.2. The second kappa shape index (κ2) is 9.92. The lowest BCUT2D eigenvalue weighted by molar-refractivity contribution is 0.0188. The van der Waals surface area contributed by atoms with Crippen LogP contribution in [0.25, 0.3) is 0 Å². The highest BCUT2D eigenvalue weighted by Gasteiger charge is 2.37. The minimum absolute atomic E-state index is 0.108. The molecule has 1 aromatic carbocycles. The molecule has 3 rings (SSSR count). The normalized spacial score (nSPS) is 25.9. The van der Waals surface area contributed by atoms with Crippen molar-refractivity contribution in [2.75, 3.05) is 33.3 Å². The molecule has 150 valence electrons. The summed E-state index contributed by atoms with van der Waals surface area (Å²) in [6, 6.07) is 7.68. The third-order valence-corrected chi connectivity index (χ3v) is 5.50. The lowest BCUT2D eigenvalue weighted by atomic mass is 9.95. The first-order valence-electron chi connectivity index (χ1n) is 9.85. The van der Waals surface area contributed by atoms with E-state index in [0.717, 1.165) is 43.7 Å². The van der Waals surface area contributed by atoms with Crippen LogP contribution in [0.3, 0.4) is 0 Å². The van der Waals surface area contributed by atoms with Gasteiger partial charge in [0.1, 0.15) is 18.0 Å². The van der Waals surface area contributed by atoms with Gasteiger partial charge in [-0.1, -0.05) is 12.1 Å². The van der Waals surface area contributed by atoms with Gasteiger partial charge in [-0.25, -0.2) is 4.79 Å². The summed E-state index contributed by atoms with van der Waals surface area (Å²) in [5.41, 5.74) is 1.10. The molecule has 3 atom stereocenters. The second-order valence-corrected chi connectivity index (χ2v) is 7.41. The quantitative estimate of drug-likeness (QED) is 0.568. The average Bonchev–Trinajstić information content (AvgIpc) is 3.03. The number of rotatable bonds is 7. The first-order valence-corrected chi connectivity index (χ1v) is 9.85. The molecular formula is C20H31N3O4. The van der Waals surface area contributed by atoms with Crippen LogP contribution in [0.2, 0.25) is 0 Å². The van der Waals surface area contributed by atoms with Crippen molar-refractivity contribution in [2.45, 2.75) is 43.9 Å². The molecular weight excluding hydrogens is 346 g/mol. The Balaban J connectivity index is 1.45. The number of carbonyl (C=O) groups is 1. The lowest BCUT2D eigenvalue weighted by Crippen LogP contribution is -2.42. The SMILES string of the molecule is COc1ccc(C[C@H]2NC[C@H](O)[C@H]2OC(=O)NCCC2CCNCC2)cc1. The summed E-state index contributed by atoms with van der Waals surface area (Å²) >= 11 is 0. The molecule has 0 unspecified atom stereocenters. The van der Waals surface area contributed by atoms with Crippen LogP contribution in [-0.4, -0.2) is 62.7 Å². The smallest absolute Gasteiger partial charge is 0.407 e. The predicted octanol–water partition coefficient (Wildman–Crippen LogP) is 1.05. The number of ether oxygens (including phenoxy) is 2. The molecule has 1 aromatic rings. The summed E-state index contributed by atoms with van der Waals surface area (Å²) in [6.45, 7) is 3.15. The lowest BCUT2D eigenvalue weighted by Gasteiger charge is -2.24. The Bertz CT molecular complexity index is 589. The molecule has 2 aliphatic heterocycles. The number of aliphatic hydroxyl groups excluding tert-OH is 1. The van der Waals surface area contributed by atoms with Crippen LogP contribution in [0.4, 0.5) is 4.79 Å². The van der Waals surface area contributed by atoms with Crippen molar-refractivity contribution in [1.29, 1.82) is 0 Å². The number of amides is 1. The van der Waals surface area contributed by atoms with E-state index in [1.807, 2.05) is 24.3 Å². The van der Waals surface area contributed by atoms with Crippen LogP contribution in [-0.2, 0) is 11.2 Å². The number of β-amino-alcohol motifs (C(OH)–C–C–N with tert-alkyl or cyclic N) is 1. The Labute approximate surface area is 160 Å². The number of methoxy groups -OCH3 is 1. The minimum atomic E-state index is -0.691. The van der Waals surface area contributed by atoms with Crippen LogP contribution in [0.15, 0.2) is 24.3 Å². The molecule has 0 bridgehead atoms. The first-order chi connectivity index (χ1) is 13.2. The van der Waals surface area contributed by atoms with E-state index in [0.29, 0.717) is 25.4 Å². The van der Waals surface area contributed by atoms with E-state index in [9.17, 15) is 9.90 Å². The Kier molecular flexibility index (Phi) is 7.32. The summed E-state index contributed by atoms with van der Waals surface area (Å²) in [4.78, 5) is 12.2. The van der Waals surface area contributed by atoms with E-state index >= 15 is 0 Å². The Morgan fingerprint density at radius 1 is 1.26 bits per heavy atom. The molecule has 0 spiro atoms. The van der Waals surface area contributed by atoms with Crippen molar-refractivity contribution in [1.82, 2.24) is 16.0 Å². The third-order valence-electron chi connectivity index (χ3n) is 5.50. The molecule has 2 fully saturated rings. The number of hydrogen-bond donors (Lipinski definition) is 4. The Morgan fingerprint density at radius 2 is 2.00 bits per heavy atom. The highest BCUT2D eigenvalue weighted by Crippen LogP contribution is 2.19. The van der Waals surface area contributed by atoms with Gasteiger partial charge in [0.15, 0.2) is 0 Å². The predicted molar refractivity (Wildman–Crippen MR) is 103 cm³/mol. The van der Waals surface area contributed by atoms with Crippen molar-refractivity contribution in [3.05, 3.63) is 29.8 Å². The van der Waals surface area contributed by atoms with E-state index in [1.54, 1.807) is 7.11 Å². The highest BCUT2D eigenvalue weighted by atomic mass is 16.6. The van der Waals surface area contributed by atoms with Crippen molar-refractivity contribution in [3.8, 4) is 5.75 Å². The van der Waals surface area contributed by atoms with E-state index in [4.69, 9.17) is 9.47 Å². The fraction of sp³-hybridized carbons (Fsp3) is 0.650. The van der Waals surface area contributed by atoms with Gasteiger partial charge in [0, 0.05) is 13.1 Å². The molecule has 2 aliphatic rings. The molecule has 0 aliphatic carbocycles. The maximum Gasteiger partial charge on any atom is 0.407 e. The fourth-order valence-corrected chi connectivity index (χ4v) is 3.85. The van der Waals surface area contributed by atoms with Crippen molar-refractivity contribution >= 4 is 6.09 Å². The van der Waals surface area contributed by atoms with Crippen molar-refractivity contribution < 1.29 is 19.4 Å². The molecule has 7 nitrogen and oxygen atoms in total. The highest BCUT2D eigenvalue weighted by molar-refractivity contribution is 5.67. The maximum absolute atomic E-state index is 12.2. The number of piperidine rings is 1. The zero-order valence-electron chi connectivity index (χ0n) is 15.9. The molecule has 4 N–H and O–H groups in total. The zero-order valence-corrected chi connectivity index (χ0v) is 15.9. The summed E-state index contributed by atoms with van der Waals surface area (Å²) in [5.74, 6) is 1.46. The second-order valence-electron chi connectivity index (χ2n) is 7.41. The topological polar surface area (TPSA) is 91.8 Å². The summed E-state index contributed by atoms with van der Waals surface area (Å²) < 4.78 is 10.7. The number of benzene rings is 1. The van der Waals surface area contributed by atoms with Crippen LogP contribution in [0.5, 0.6) is 5.75 Å². The molecule has 0 saturated carbocycles. The van der Waals surface area contributed by atoms with Gasteiger partial charge in [0.25, 0.3) is 0 Å². The molecule has 2 saturated heterocycles. The summed E-state index contributed by atoms with van der Waals surface area (Å²) in [7, 11) is 1.64. The minimum Gasteiger partial charge on any atom is -0.497 e. The van der Waals surface area contributed by atoms with Gasteiger partial charge in [-0.3, -0.25) is 0 Å². The van der Waals surface area contributed by atoms with Gasteiger partial charge in [0.2, 0.25) is 0 Å². The molecule has 0 radical (unpaired) electrons. The van der Waals surface area contributed by atoms with Crippen molar-refractivity contribution in [3.63, 3.8) is 0 Å². The van der Waals surface area contributed by atoms with E-state index < -0.39 is 18.3 Å². The van der Waals surface area contributed by atoms with Gasteiger partial charge in [-0.05, 0) is 62.4 Å². The number of alkyl carbamates (subject to hydrolysis) is 1. The molecule has 2 heterocycles. The zero-order chi connectivity index (χ0) is 19.1. The number of nitrogens with one attached hydrogen (secondary N) is 3. The Hall–Kier alpha value is -1.83. The van der Waals surface area contributed by atoms with Gasteiger partial charge in [-0.15, -0.1) is 0 Å². The van der Waals surface area contributed by atoms with E-state index in [2.05, 4.69) is 16.0 Å². The molecule has 1 amide bonds.